The summed E-state index contributed by atoms with van der Waals surface area (Å²) in [5.74, 6) is 0.294. The van der Waals surface area contributed by atoms with Crippen molar-refractivity contribution in [2.75, 3.05) is 6.16 Å². The summed E-state index contributed by atoms with van der Waals surface area (Å²) in [6.45, 7) is 1.63. The van der Waals surface area contributed by atoms with Gasteiger partial charge in [-0.05, 0) is 19.5 Å². The Morgan fingerprint density at radius 1 is 1.71 bits per heavy atom. The van der Waals surface area contributed by atoms with Crippen LogP contribution in [0.5, 0.6) is 0 Å². The Balaban J connectivity index is 2.82. The van der Waals surface area contributed by atoms with Gasteiger partial charge < -0.3 is 4.79 Å². The maximum atomic E-state index is 10.2. The average molecular weight is 118 g/mol. The lowest BCUT2D eigenvalue weighted by molar-refractivity contribution is -0.117. The molecule has 0 aliphatic rings. The highest BCUT2D eigenvalue weighted by atomic mass is 31.0. The van der Waals surface area contributed by atoms with Gasteiger partial charge in [0.2, 0.25) is 0 Å². The van der Waals surface area contributed by atoms with Gasteiger partial charge in [-0.25, -0.2) is 0 Å². The molecule has 1 atom stereocenters. The first-order chi connectivity index (χ1) is 3.27. The van der Waals surface area contributed by atoms with E-state index in [1.165, 1.54) is 0 Å². The van der Waals surface area contributed by atoms with Crippen LogP contribution in [0.25, 0.3) is 0 Å². The van der Waals surface area contributed by atoms with Gasteiger partial charge in [0.1, 0.15) is 5.78 Å². The first kappa shape index (κ1) is 7.10. The molecule has 0 bridgehead atoms. The molecule has 0 aliphatic carbocycles. The van der Waals surface area contributed by atoms with Crippen molar-refractivity contribution in [3.8, 4) is 0 Å². The van der Waals surface area contributed by atoms with Crippen molar-refractivity contribution in [2.24, 2.45) is 0 Å². The minimum atomic E-state index is 0.294. The second-order valence-corrected chi connectivity index (χ2v) is 2.17. The summed E-state index contributed by atoms with van der Waals surface area (Å²) in [5, 5.41) is 0. The molecule has 0 heterocycles. The quantitative estimate of drug-likeness (QED) is 0.509. The molecule has 0 aromatic rings. The molecule has 2 heteroatoms. The van der Waals surface area contributed by atoms with E-state index in [-0.39, 0.29) is 0 Å². The van der Waals surface area contributed by atoms with E-state index < -0.39 is 0 Å². The Kier molecular flexibility index (Phi) is 4.32. The lowest BCUT2D eigenvalue weighted by Gasteiger charge is -1.86. The predicted octanol–water partition coefficient (Wildman–Crippen LogP) is 1.23. The molecule has 0 aliphatic heterocycles. The third-order valence-electron chi connectivity index (χ3n) is 0.733. The topological polar surface area (TPSA) is 17.1 Å². The Hall–Kier alpha value is 0.100. The van der Waals surface area contributed by atoms with Gasteiger partial charge in [0.25, 0.3) is 0 Å². The molecule has 0 aromatic carbocycles. The SMILES string of the molecule is CC(=O)CCCP. The average Bonchev–Trinajstić information content (AvgIpc) is 1.61. The minimum Gasteiger partial charge on any atom is -0.300 e. The lowest BCUT2D eigenvalue weighted by Crippen LogP contribution is -1.88. The Morgan fingerprint density at radius 2 is 2.29 bits per heavy atom. The van der Waals surface area contributed by atoms with Gasteiger partial charge in [-0.3, -0.25) is 0 Å². The Bertz CT molecular complexity index is 61.1. The summed E-state index contributed by atoms with van der Waals surface area (Å²) < 4.78 is 0. The number of rotatable bonds is 3. The summed E-state index contributed by atoms with van der Waals surface area (Å²) in [4.78, 5) is 10.2. The zero-order chi connectivity index (χ0) is 5.70. The van der Waals surface area contributed by atoms with Gasteiger partial charge in [0.15, 0.2) is 0 Å². The number of Topliss-reactive ketones (excluding diaryl/α,β-unsaturated/α-hetero) is 1. The van der Waals surface area contributed by atoms with E-state index in [0.717, 1.165) is 19.0 Å². The first-order valence-electron chi connectivity index (χ1n) is 2.47. The zero-order valence-corrected chi connectivity index (χ0v) is 5.76. The smallest absolute Gasteiger partial charge is 0.129 e. The molecule has 0 rings (SSSR count). The van der Waals surface area contributed by atoms with Crippen LogP contribution in [0, 0.1) is 0 Å². The van der Waals surface area contributed by atoms with Gasteiger partial charge in [-0.15, -0.1) is 9.24 Å². The highest BCUT2D eigenvalue weighted by Crippen LogP contribution is 1.93. The molecule has 0 spiro atoms. The van der Waals surface area contributed by atoms with Crippen molar-refractivity contribution in [1.82, 2.24) is 0 Å². The molecular weight excluding hydrogens is 107 g/mol. The molecule has 0 saturated heterocycles. The van der Waals surface area contributed by atoms with Crippen molar-refractivity contribution in [2.45, 2.75) is 19.8 Å². The molecule has 0 radical (unpaired) electrons. The van der Waals surface area contributed by atoms with Crippen LogP contribution in [-0.4, -0.2) is 11.9 Å². The molecular formula is C5H11OP. The highest BCUT2D eigenvalue weighted by molar-refractivity contribution is 7.16. The molecule has 0 aromatic heterocycles. The maximum Gasteiger partial charge on any atom is 0.129 e. The molecule has 1 unspecified atom stereocenters. The van der Waals surface area contributed by atoms with E-state index in [1.54, 1.807) is 6.92 Å². The van der Waals surface area contributed by atoms with Crippen molar-refractivity contribution < 1.29 is 4.79 Å². The number of carbonyl (C=O) groups is 1. The summed E-state index contributed by atoms with van der Waals surface area (Å²) in [6, 6.07) is 0. The predicted molar refractivity (Wildman–Crippen MR) is 34.5 cm³/mol. The van der Waals surface area contributed by atoms with Gasteiger partial charge in [-0.1, -0.05) is 0 Å². The van der Waals surface area contributed by atoms with Crippen LogP contribution in [0.4, 0.5) is 0 Å². The van der Waals surface area contributed by atoms with E-state index in [1.807, 2.05) is 0 Å². The highest BCUT2D eigenvalue weighted by Gasteiger charge is 1.87. The monoisotopic (exact) mass is 118 g/mol. The fourth-order valence-corrected chi connectivity index (χ4v) is 0.555. The molecule has 0 amide bonds. The molecule has 1 nitrogen and oxygen atoms in total. The number of ketones is 1. The van der Waals surface area contributed by atoms with Crippen molar-refractivity contribution in [1.29, 1.82) is 0 Å². The number of hydrogen-bond acceptors (Lipinski definition) is 1. The van der Waals surface area contributed by atoms with Gasteiger partial charge in [0, 0.05) is 6.42 Å². The van der Waals surface area contributed by atoms with Crippen LogP contribution >= 0.6 is 9.24 Å². The van der Waals surface area contributed by atoms with E-state index in [0.29, 0.717) is 5.78 Å². The molecule has 0 N–H and O–H groups in total. The molecule has 7 heavy (non-hydrogen) atoms. The maximum absolute atomic E-state index is 10.2. The third-order valence-corrected chi connectivity index (χ3v) is 1.14. The second-order valence-electron chi connectivity index (χ2n) is 1.59. The summed E-state index contributed by atoms with van der Waals surface area (Å²) in [6.07, 6.45) is 2.79. The number of hydrogen-bond donors (Lipinski definition) is 0. The van der Waals surface area contributed by atoms with Crippen LogP contribution in [0.3, 0.4) is 0 Å². The van der Waals surface area contributed by atoms with E-state index in [2.05, 4.69) is 9.24 Å². The largest absolute Gasteiger partial charge is 0.300 e. The lowest BCUT2D eigenvalue weighted by atomic mass is 10.3. The standard InChI is InChI=1S/C5H11OP/c1-5(6)3-2-4-7/h2-4,7H2,1H3. The molecule has 0 saturated carbocycles. The first-order valence-corrected chi connectivity index (χ1v) is 3.28. The van der Waals surface area contributed by atoms with Crippen LogP contribution in [0.2, 0.25) is 0 Å². The third kappa shape index (κ3) is 6.10. The Labute approximate surface area is 46.7 Å². The molecule has 42 valence electrons. The van der Waals surface area contributed by atoms with Crippen LogP contribution in [0.1, 0.15) is 19.8 Å². The second kappa shape index (κ2) is 4.26. The fraction of sp³-hybridized carbons (Fsp3) is 0.800. The van der Waals surface area contributed by atoms with Crippen molar-refractivity contribution >= 4 is 15.0 Å². The van der Waals surface area contributed by atoms with Crippen molar-refractivity contribution in [3.05, 3.63) is 0 Å². The van der Waals surface area contributed by atoms with Crippen LogP contribution in [0.15, 0.2) is 0 Å². The molecule has 0 fully saturated rings. The minimum absolute atomic E-state index is 0.294. The number of carbonyl (C=O) groups excluding carboxylic acids is 1. The fourth-order valence-electron chi connectivity index (χ4n) is 0.351. The van der Waals surface area contributed by atoms with E-state index in [4.69, 9.17) is 0 Å². The van der Waals surface area contributed by atoms with Crippen LogP contribution in [-0.2, 0) is 4.79 Å². The summed E-state index contributed by atoms with van der Waals surface area (Å²) >= 11 is 0. The zero-order valence-electron chi connectivity index (χ0n) is 4.61. The van der Waals surface area contributed by atoms with Gasteiger partial charge >= 0.3 is 0 Å². The van der Waals surface area contributed by atoms with Gasteiger partial charge in [0.05, 0.1) is 0 Å². The summed E-state index contributed by atoms with van der Waals surface area (Å²) in [7, 11) is 2.59. The van der Waals surface area contributed by atoms with Gasteiger partial charge in [-0.2, -0.15) is 0 Å². The van der Waals surface area contributed by atoms with E-state index >= 15 is 0 Å². The van der Waals surface area contributed by atoms with E-state index in [9.17, 15) is 4.79 Å². The Morgan fingerprint density at radius 3 is 2.43 bits per heavy atom. The normalized spacial score (nSPS) is 8.86. The van der Waals surface area contributed by atoms with Crippen molar-refractivity contribution in [3.63, 3.8) is 0 Å². The summed E-state index contributed by atoms with van der Waals surface area (Å²) in [5.41, 5.74) is 0. The van der Waals surface area contributed by atoms with Crippen LogP contribution < -0.4 is 0 Å².